The van der Waals surface area contributed by atoms with Gasteiger partial charge in [-0.15, -0.1) is 0 Å². The van der Waals surface area contributed by atoms with Gasteiger partial charge in [-0.3, -0.25) is 4.79 Å². The minimum atomic E-state index is -0.512. The van der Waals surface area contributed by atoms with Crippen molar-refractivity contribution in [2.24, 2.45) is 0 Å². The van der Waals surface area contributed by atoms with E-state index < -0.39 is 5.82 Å². The second-order valence-electron chi connectivity index (χ2n) is 4.42. The van der Waals surface area contributed by atoms with Gasteiger partial charge in [0.15, 0.2) is 0 Å². The number of amides is 1. The fourth-order valence-electron chi connectivity index (χ4n) is 1.98. The Morgan fingerprint density at radius 1 is 1.21 bits per heavy atom. The minimum absolute atomic E-state index is 0.238. The first-order chi connectivity index (χ1) is 8.99. The number of hydrogen-bond donors (Lipinski definition) is 1. The number of halogens is 1. The molecule has 0 aliphatic heterocycles. The van der Waals surface area contributed by atoms with E-state index in [9.17, 15) is 9.18 Å². The molecule has 0 atom stereocenters. The van der Waals surface area contributed by atoms with Crippen molar-refractivity contribution in [3.63, 3.8) is 0 Å². The molecule has 0 fully saturated rings. The lowest BCUT2D eigenvalue weighted by atomic mass is 10.1. The van der Waals surface area contributed by atoms with Crippen molar-refractivity contribution in [2.75, 3.05) is 17.7 Å². The van der Waals surface area contributed by atoms with Gasteiger partial charge in [-0.25, -0.2) is 4.39 Å². The first-order valence-corrected chi connectivity index (χ1v) is 5.89. The Kier molecular flexibility index (Phi) is 3.51. The summed E-state index contributed by atoms with van der Waals surface area (Å²) in [4.78, 5) is 13.8. The van der Waals surface area contributed by atoms with Gasteiger partial charge in [-0.1, -0.05) is 18.2 Å². The number of para-hydroxylation sites is 1. The molecule has 0 spiro atoms. The van der Waals surface area contributed by atoms with Gasteiger partial charge in [-0.2, -0.15) is 0 Å². The smallest absolute Gasteiger partial charge is 0.258 e. The summed E-state index contributed by atoms with van der Waals surface area (Å²) in [5.74, 6) is -0.804. The van der Waals surface area contributed by atoms with E-state index in [1.54, 1.807) is 7.05 Å². The van der Waals surface area contributed by atoms with Crippen LogP contribution in [0.1, 0.15) is 15.9 Å². The van der Waals surface area contributed by atoms with Crippen LogP contribution in [-0.4, -0.2) is 13.0 Å². The molecule has 0 bridgehead atoms. The molecule has 19 heavy (non-hydrogen) atoms. The number of nitrogen functional groups attached to an aromatic ring is 1. The standard InChI is InChI=1S/C15H15FN2O/c1-10-5-3-4-6-14(10)18(2)15(19)11-7-12(16)9-13(17)8-11/h3-9H,17H2,1-2H3. The molecule has 2 rings (SSSR count). The molecule has 0 saturated heterocycles. The van der Waals surface area contributed by atoms with Crippen molar-refractivity contribution in [3.05, 3.63) is 59.4 Å². The van der Waals surface area contributed by atoms with Crippen LogP contribution in [0.5, 0.6) is 0 Å². The lowest BCUT2D eigenvalue weighted by molar-refractivity contribution is 0.0992. The summed E-state index contributed by atoms with van der Waals surface area (Å²) in [6.07, 6.45) is 0. The van der Waals surface area contributed by atoms with Crippen LogP contribution in [0.4, 0.5) is 15.8 Å². The topological polar surface area (TPSA) is 46.3 Å². The van der Waals surface area contributed by atoms with Crippen molar-refractivity contribution in [1.82, 2.24) is 0 Å². The Hall–Kier alpha value is -2.36. The number of nitrogens with two attached hydrogens (primary N) is 1. The molecular weight excluding hydrogens is 243 g/mol. The predicted molar refractivity (Wildman–Crippen MR) is 74.7 cm³/mol. The summed E-state index contributed by atoms with van der Waals surface area (Å²) in [5, 5.41) is 0. The number of aryl methyl sites for hydroxylation is 1. The summed E-state index contributed by atoms with van der Waals surface area (Å²) >= 11 is 0. The minimum Gasteiger partial charge on any atom is -0.399 e. The van der Waals surface area contributed by atoms with Gasteiger partial charge in [0.1, 0.15) is 5.82 Å². The highest BCUT2D eigenvalue weighted by Gasteiger charge is 2.16. The second-order valence-corrected chi connectivity index (χ2v) is 4.42. The van der Waals surface area contributed by atoms with Gasteiger partial charge < -0.3 is 10.6 Å². The fraction of sp³-hybridized carbons (Fsp3) is 0.133. The van der Waals surface area contributed by atoms with Crippen LogP contribution in [-0.2, 0) is 0 Å². The molecule has 2 aromatic rings. The summed E-state index contributed by atoms with van der Waals surface area (Å²) in [6, 6.07) is 11.4. The molecule has 0 aliphatic rings. The van der Waals surface area contributed by atoms with Crippen LogP contribution in [0.2, 0.25) is 0 Å². The average Bonchev–Trinajstić information content (AvgIpc) is 2.36. The monoisotopic (exact) mass is 258 g/mol. The molecule has 3 nitrogen and oxygen atoms in total. The highest BCUT2D eigenvalue weighted by molar-refractivity contribution is 6.06. The van der Waals surface area contributed by atoms with Crippen molar-refractivity contribution in [1.29, 1.82) is 0 Å². The molecule has 1 amide bonds. The van der Waals surface area contributed by atoms with Gasteiger partial charge in [0.2, 0.25) is 0 Å². The quantitative estimate of drug-likeness (QED) is 0.842. The highest BCUT2D eigenvalue weighted by Crippen LogP contribution is 2.21. The molecule has 0 saturated carbocycles. The molecule has 4 heteroatoms. The van der Waals surface area contributed by atoms with E-state index in [-0.39, 0.29) is 17.2 Å². The van der Waals surface area contributed by atoms with E-state index in [0.717, 1.165) is 11.3 Å². The molecule has 0 aromatic heterocycles. The van der Waals surface area contributed by atoms with E-state index in [0.29, 0.717) is 0 Å². The normalized spacial score (nSPS) is 10.3. The lowest BCUT2D eigenvalue weighted by Gasteiger charge is -2.19. The molecule has 0 unspecified atom stereocenters. The first-order valence-electron chi connectivity index (χ1n) is 5.89. The Morgan fingerprint density at radius 3 is 2.53 bits per heavy atom. The summed E-state index contributed by atoms with van der Waals surface area (Å²) in [6.45, 7) is 1.92. The zero-order valence-corrected chi connectivity index (χ0v) is 10.9. The van der Waals surface area contributed by atoms with Crippen molar-refractivity contribution in [2.45, 2.75) is 6.92 Å². The summed E-state index contributed by atoms with van der Waals surface area (Å²) in [7, 11) is 1.66. The third-order valence-corrected chi connectivity index (χ3v) is 2.95. The second kappa shape index (κ2) is 5.10. The molecule has 0 aliphatic carbocycles. The van der Waals surface area contributed by atoms with Crippen molar-refractivity contribution in [3.8, 4) is 0 Å². The Bertz CT molecular complexity index is 605. The van der Waals surface area contributed by atoms with Gasteiger partial charge in [0.05, 0.1) is 0 Å². The van der Waals surface area contributed by atoms with Crippen molar-refractivity contribution >= 4 is 17.3 Å². The van der Waals surface area contributed by atoms with Crippen LogP contribution in [0, 0.1) is 12.7 Å². The van der Waals surface area contributed by atoms with Crippen LogP contribution in [0.3, 0.4) is 0 Å². The van der Waals surface area contributed by atoms with Crippen molar-refractivity contribution < 1.29 is 9.18 Å². The van der Waals surface area contributed by atoms with Gasteiger partial charge in [0.25, 0.3) is 5.91 Å². The summed E-state index contributed by atoms with van der Waals surface area (Å²) in [5.41, 5.74) is 7.79. The van der Waals surface area contributed by atoms with Crippen LogP contribution < -0.4 is 10.6 Å². The number of rotatable bonds is 2. The molecule has 0 heterocycles. The van der Waals surface area contributed by atoms with Crippen LogP contribution in [0.15, 0.2) is 42.5 Å². The average molecular weight is 258 g/mol. The highest BCUT2D eigenvalue weighted by atomic mass is 19.1. The maximum atomic E-state index is 13.3. The van der Waals surface area contributed by atoms with E-state index >= 15 is 0 Å². The maximum Gasteiger partial charge on any atom is 0.258 e. The van der Waals surface area contributed by atoms with Crippen LogP contribution in [0.25, 0.3) is 0 Å². The van der Waals surface area contributed by atoms with Gasteiger partial charge in [0, 0.05) is 24.0 Å². The summed E-state index contributed by atoms with van der Waals surface area (Å²) < 4.78 is 13.3. The first kappa shape index (κ1) is 13.1. The van der Waals surface area contributed by atoms with E-state index in [1.807, 2.05) is 31.2 Å². The predicted octanol–water partition coefficient (Wildman–Crippen LogP) is 2.99. The number of carbonyl (C=O) groups excluding carboxylic acids is 1. The zero-order chi connectivity index (χ0) is 14.0. The molecule has 2 aromatic carbocycles. The van der Waals surface area contributed by atoms with Crippen LogP contribution >= 0.6 is 0 Å². The Balaban J connectivity index is 2.36. The van der Waals surface area contributed by atoms with E-state index in [4.69, 9.17) is 5.73 Å². The largest absolute Gasteiger partial charge is 0.399 e. The molecule has 0 radical (unpaired) electrons. The van der Waals surface area contributed by atoms with Gasteiger partial charge >= 0.3 is 0 Å². The number of anilines is 2. The van der Waals surface area contributed by atoms with E-state index in [1.165, 1.54) is 23.1 Å². The Morgan fingerprint density at radius 2 is 1.89 bits per heavy atom. The van der Waals surface area contributed by atoms with E-state index in [2.05, 4.69) is 0 Å². The zero-order valence-electron chi connectivity index (χ0n) is 10.9. The number of nitrogens with zero attached hydrogens (tertiary/aromatic N) is 1. The fourth-order valence-corrected chi connectivity index (χ4v) is 1.98. The lowest BCUT2D eigenvalue weighted by Crippen LogP contribution is -2.27. The number of benzene rings is 2. The molecule has 98 valence electrons. The SMILES string of the molecule is Cc1ccccc1N(C)C(=O)c1cc(N)cc(F)c1. The number of hydrogen-bond acceptors (Lipinski definition) is 2. The number of carbonyl (C=O) groups is 1. The molecular formula is C15H15FN2O. The molecule has 2 N–H and O–H groups in total. The third-order valence-electron chi connectivity index (χ3n) is 2.95. The third kappa shape index (κ3) is 2.73. The van der Waals surface area contributed by atoms with Gasteiger partial charge in [-0.05, 0) is 36.8 Å². The maximum absolute atomic E-state index is 13.3. The Labute approximate surface area is 111 Å².